The van der Waals surface area contributed by atoms with Gasteiger partial charge < -0.3 is 5.11 Å². The van der Waals surface area contributed by atoms with E-state index in [0.29, 0.717) is 12.3 Å². The topological polar surface area (TPSA) is 20.2 Å². The summed E-state index contributed by atoms with van der Waals surface area (Å²) in [6.07, 6.45) is 2.55. The molecule has 1 aromatic rings. The molecule has 1 fully saturated rings. The highest BCUT2D eigenvalue weighted by atomic mass is 32.2. The number of aliphatic hydroxyl groups excluding tert-OH is 1. The average molecular weight is 272 g/mol. The minimum absolute atomic E-state index is 0.202. The third-order valence-electron chi connectivity index (χ3n) is 3.43. The summed E-state index contributed by atoms with van der Waals surface area (Å²) in [5, 5.41) is 9.97. The zero-order valence-corrected chi connectivity index (χ0v) is 11.1. The first-order valence-electron chi connectivity index (χ1n) is 6.35. The smallest absolute Gasteiger partial charge is 0.162 e. The molecule has 1 aliphatic rings. The van der Waals surface area contributed by atoms with E-state index in [0.717, 1.165) is 30.4 Å². The summed E-state index contributed by atoms with van der Waals surface area (Å²) in [6, 6.07) is 4.12. The predicted molar refractivity (Wildman–Crippen MR) is 70.7 cm³/mol. The van der Waals surface area contributed by atoms with Crippen LogP contribution in [0.4, 0.5) is 8.78 Å². The Hall–Kier alpha value is -0.610. The first-order chi connectivity index (χ1) is 8.66. The summed E-state index contributed by atoms with van der Waals surface area (Å²) in [6.45, 7) is 0. The van der Waals surface area contributed by atoms with E-state index in [2.05, 4.69) is 0 Å². The SMILES string of the molecule is OC(Cc1cccc(F)c1F)CC1CCSCC1. The van der Waals surface area contributed by atoms with Gasteiger partial charge >= 0.3 is 0 Å². The maximum atomic E-state index is 13.5. The van der Waals surface area contributed by atoms with Gasteiger partial charge in [0.05, 0.1) is 6.10 Å². The maximum Gasteiger partial charge on any atom is 0.162 e. The molecule has 1 aliphatic heterocycles. The van der Waals surface area contributed by atoms with Crippen molar-refractivity contribution in [2.45, 2.75) is 31.8 Å². The molecule has 0 bridgehead atoms. The number of rotatable bonds is 4. The molecule has 1 heterocycles. The van der Waals surface area contributed by atoms with Crippen molar-refractivity contribution in [1.29, 1.82) is 0 Å². The molecule has 18 heavy (non-hydrogen) atoms. The second-order valence-electron chi connectivity index (χ2n) is 4.86. The van der Waals surface area contributed by atoms with Crippen molar-refractivity contribution in [1.82, 2.24) is 0 Å². The van der Waals surface area contributed by atoms with Gasteiger partial charge in [-0.3, -0.25) is 0 Å². The Morgan fingerprint density at radius 2 is 2.00 bits per heavy atom. The van der Waals surface area contributed by atoms with Crippen molar-refractivity contribution in [3.05, 3.63) is 35.4 Å². The van der Waals surface area contributed by atoms with Gasteiger partial charge in [0.1, 0.15) is 0 Å². The van der Waals surface area contributed by atoms with Gasteiger partial charge in [-0.25, -0.2) is 8.78 Å². The van der Waals surface area contributed by atoms with Crippen LogP contribution in [-0.2, 0) is 6.42 Å². The van der Waals surface area contributed by atoms with Crippen LogP contribution < -0.4 is 0 Å². The zero-order valence-electron chi connectivity index (χ0n) is 10.2. The van der Waals surface area contributed by atoms with Crippen molar-refractivity contribution < 1.29 is 13.9 Å². The van der Waals surface area contributed by atoms with Crippen molar-refractivity contribution in [3.8, 4) is 0 Å². The third kappa shape index (κ3) is 3.69. The van der Waals surface area contributed by atoms with Gasteiger partial charge in [-0.2, -0.15) is 11.8 Å². The fourth-order valence-corrected chi connectivity index (χ4v) is 3.61. The second-order valence-corrected chi connectivity index (χ2v) is 6.09. The van der Waals surface area contributed by atoms with E-state index in [9.17, 15) is 13.9 Å². The van der Waals surface area contributed by atoms with E-state index in [1.807, 2.05) is 11.8 Å². The zero-order chi connectivity index (χ0) is 13.0. The molecule has 1 unspecified atom stereocenters. The molecule has 0 aliphatic carbocycles. The number of aliphatic hydroxyl groups is 1. The highest BCUT2D eigenvalue weighted by molar-refractivity contribution is 7.99. The third-order valence-corrected chi connectivity index (χ3v) is 4.48. The van der Waals surface area contributed by atoms with E-state index in [1.165, 1.54) is 6.07 Å². The molecular weight excluding hydrogens is 254 g/mol. The van der Waals surface area contributed by atoms with Crippen molar-refractivity contribution in [2.24, 2.45) is 5.92 Å². The Labute approximate surface area is 111 Å². The second kappa shape index (κ2) is 6.53. The molecule has 0 spiro atoms. The molecule has 1 atom stereocenters. The Bertz CT molecular complexity index is 391. The van der Waals surface area contributed by atoms with Gasteiger partial charge in [-0.05, 0) is 48.3 Å². The number of hydrogen-bond acceptors (Lipinski definition) is 2. The molecule has 1 aromatic carbocycles. The van der Waals surface area contributed by atoms with Crippen LogP contribution in [0.5, 0.6) is 0 Å². The van der Waals surface area contributed by atoms with E-state index >= 15 is 0 Å². The Balaban J connectivity index is 1.90. The van der Waals surface area contributed by atoms with Gasteiger partial charge in [0.25, 0.3) is 0 Å². The Morgan fingerprint density at radius 3 is 2.72 bits per heavy atom. The summed E-state index contributed by atoms with van der Waals surface area (Å²) in [7, 11) is 0. The fraction of sp³-hybridized carbons (Fsp3) is 0.571. The summed E-state index contributed by atoms with van der Waals surface area (Å²) >= 11 is 1.94. The van der Waals surface area contributed by atoms with Gasteiger partial charge in [-0.1, -0.05) is 12.1 Å². The predicted octanol–water partition coefficient (Wildman–Crippen LogP) is 3.40. The van der Waals surface area contributed by atoms with Gasteiger partial charge in [0.15, 0.2) is 11.6 Å². The number of thioether (sulfide) groups is 1. The van der Waals surface area contributed by atoms with Crippen molar-refractivity contribution in [2.75, 3.05) is 11.5 Å². The quantitative estimate of drug-likeness (QED) is 0.906. The normalized spacial score (nSPS) is 18.8. The Kier molecular flexibility index (Phi) is 5.01. The monoisotopic (exact) mass is 272 g/mol. The first-order valence-corrected chi connectivity index (χ1v) is 7.51. The molecule has 2 rings (SSSR count). The molecule has 1 nitrogen and oxygen atoms in total. The fourth-order valence-electron chi connectivity index (χ4n) is 2.41. The maximum absolute atomic E-state index is 13.5. The molecule has 100 valence electrons. The van der Waals surface area contributed by atoms with Crippen LogP contribution in [-0.4, -0.2) is 22.7 Å². The van der Waals surface area contributed by atoms with E-state index in [-0.39, 0.29) is 12.0 Å². The van der Waals surface area contributed by atoms with E-state index < -0.39 is 17.7 Å². The lowest BCUT2D eigenvalue weighted by molar-refractivity contribution is 0.138. The molecule has 0 amide bonds. The molecule has 1 saturated heterocycles. The van der Waals surface area contributed by atoms with E-state index in [4.69, 9.17) is 0 Å². The van der Waals surface area contributed by atoms with Gasteiger partial charge in [-0.15, -0.1) is 0 Å². The largest absolute Gasteiger partial charge is 0.393 e. The molecule has 4 heteroatoms. The first kappa shape index (κ1) is 13.8. The molecule has 0 saturated carbocycles. The highest BCUT2D eigenvalue weighted by Crippen LogP contribution is 2.27. The van der Waals surface area contributed by atoms with Crippen LogP contribution in [0.15, 0.2) is 18.2 Å². The van der Waals surface area contributed by atoms with Gasteiger partial charge in [0, 0.05) is 6.42 Å². The van der Waals surface area contributed by atoms with Crippen LogP contribution in [0, 0.1) is 17.6 Å². The summed E-state index contributed by atoms with van der Waals surface area (Å²) in [4.78, 5) is 0. The minimum atomic E-state index is -0.839. The van der Waals surface area contributed by atoms with Crippen LogP contribution in [0.25, 0.3) is 0 Å². The lowest BCUT2D eigenvalue weighted by atomic mass is 9.92. The number of halogens is 2. The molecule has 0 aromatic heterocycles. The highest BCUT2D eigenvalue weighted by Gasteiger charge is 2.19. The molecule has 1 N–H and O–H groups in total. The number of hydrogen-bond donors (Lipinski definition) is 1. The lowest BCUT2D eigenvalue weighted by Gasteiger charge is -2.23. The Morgan fingerprint density at radius 1 is 1.28 bits per heavy atom. The van der Waals surface area contributed by atoms with Gasteiger partial charge in [0.2, 0.25) is 0 Å². The molecule has 0 radical (unpaired) electrons. The number of benzene rings is 1. The van der Waals surface area contributed by atoms with Crippen molar-refractivity contribution in [3.63, 3.8) is 0 Å². The van der Waals surface area contributed by atoms with Crippen LogP contribution >= 0.6 is 11.8 Å². The van der Waals surface area contributed by atoms with Crippen molar-refractivity contribution >= 4 is 11.8 Å². The van der Waals surface area contributed by atoms with Crippen LogP contribution in [0.3, 0.4) is 0 Å². The van der Waals surface area contributed by atoms with Crippen LogP contribution in [0.2, 0.25) is 0 Å². The summed E-state index contributed by atoms with van der Waals surface area (Å²) < 4.78 is 26.5. The minimum Gasteiger partial charge on any atom is -0.393 e. The van der Waals surface area contributed by atoms with E-state index in [1.54, 1.807) is 6.07 Å². The summed E-state index contributed by atoms with van der Waals surface area (Å²) in [5.74, 6) is 1.15. The molecular formula is C14H18F2OS. The summed E-state index contributed by atoms with van der Waals surface area (Å²) in [5.41, 5.74) is 0.271. The average Bonchev–Trinajstić information content (AvgIpc) is 2.36. The standard InChI is InChI=1S/C14H18F2OS/c15-13-3-1-2-11(14(13)16)9-12(17)8-10-4-6-18-7-5-10/h1-3,10,12,17H,4-9H2. The van der Waals surface area contributed by atoms with Crippen LogP contribution in [0.1, 0.15) is 24.8 Å². The lowest BCUT2D eigenvalue weighted by Crippen LogP contribution is -2.20.